The Morgan fingerprint density at radius 2 is 1.81 bits per heavy atom. The molecule has 118 valence electrons. The molecule has 0 heterocycles. The van der Waals surface area contributed by atoms with Gasteiger partial charge in [-0.05, 0) is 65.2 Å². The van der Waals surface area contributed by atoms with E-state index in [0.717, 1.165) is 18.6 Å². The van der Waals surface area contributed by atoms with E-state index >= 15 is 0 Å². The highest BCUT2D eigenvalue weighted by Gasteiger charge is 2.22. The molecule has 1 atom stereocenters. The molecule has 1 amide bonds. The Morgan fingerprint density at radius 1 is 1.24 bits per heavy atom. The Morgan fingerprint density at radius 3 is 2.29 bits per heavy atom. The van der Waals surface area contributed by atoms with Crippen LogP contribution in [0.2, 0.25) is 0 Å². The maximum atomic E-state index is 11.8. The number of carbonyl (C=O) groups excluding carboxylic acids is 1. The van der Waals surface area contributed by atoms with E-state index in [1.807, 2.05) is 32.9 Å². The van der Waals surface area contributed by atoms with Gasteiger partial charge in [-0.2, -0.15) is 0 Å². The lowest BCUT2D eigenvalue weighted by molar-refractivity contribution is -0.125. The first-order valence-electron chi connectivity index (χ1n) is 7.54. The second-order valence-corrected chi connectivity index (χ2v) is 6.45. The Balaban J connectivity index is 2.43. The highest BCUT2D eigenvalue weighted by atomic mass is 16.5. The molecule has 0 aliphatic heterocycles. The first-order valence-corrected chi connectivity index (χ1v) is 7.54. The van der Waals surface area contributed by atoms with E-state index in [1.165, 1.54) is 5.56 Å². The van der Waals surface area contributed by atoms with Crippen LogP contribution in [0.1, 0.15) is 46.6 Å². The number of nitrogens with one attached hydrogen (secondary N) is 1. The van der Waals surface area contributed by atoms with Crippen molar-refractivity contribution in [3.8, 4) is 5.75 Å². The molecule has 1 aromatic rings. The van der Waals surface area contributed by atoms with Gasteiger partial charge in [-0.3, -0.25) is 4.79 Å². The molecule has 4 heteroatoms. The van der Waals surface area contributed by atoms with Crippen molar-refractivity contribution in [2.75, 3.05) is 0 Å². The molecule has 3 N–H and O–H groups in total. The summed E-state index contributed by atoms with van der Waals surface area (Å²) in [5.41, 5.74) is 6.17. The monoisotopic (exact) mass is 292 g/mol. The van der Waals surface area contributed by atoms with E-state index in [9.17, 15) is 4.79 Å². The van der Waals surface area contributed by atoms with Crippen molar-refractivity contribution < 1.29 is 9.53 Å². The van der Waals surface area contributed by atoms with Crippen LogP contribution < -0.4 is 15.8 Å². The summed E-state index contributed by atoms with van der Waals surface area (Å²) in [6, 6.07) is 8.22. The lowest BCUT2D eigenvalue weighted by Gasteiger charge is -2.21. The second kappa shape index (κ2) is 7.46. The number of hydrogen-bond acceptors (Lipinski definition) is 3. The number of rotatable bonds is 7. The third kappa shape index (κ3) is 6.63. The van der Waals surface area contributed by atoms with Crippen LogP contribution >= 0.6 is 0 Å². The van der Waals surface area contributed by atoms with Gasteiger partial charge in [0, 0.05) is 6.04 Å². The molecule has 1 unspecified atom stereocenters. The SMILES string of the molecule is CC(CCc1ccc(OC(C)C)cc1)NC(=O)C(C)(C)N. The molecule has 0 aliphatic carbocycles. The fourth-order valence-corrected chi connectivity index (χ4v) is 1.87. The average Bonchev–Trinajstić information content (AvgIpc) is 2.36. The Labute approximate surface area is 128 Å². The molecule has 0 aliphatic rings. The van der Waals surface area contributed by atoms with E-state index in [1.54, 1.807) is 13.8 Å². The van der Waals surface area contributed by atoms with Crippen LogP contribution in [-0.4, -0.2) is 23.6 Å². The first-order chi connectivity index (χ1) is 9.68. The summed E-state index contributed by atoms with van der Waals surface area (Å²) in [6.45, 7) is 9.44. The summed E-state index contributed by atoms with van der Waals surface area (Å²) >= 11 is 0. The van der Waals surface area contributed by atoms with Gasteiger partial charge >= 0.3 is 0 Å². The first kappa shape index (κ1) is 17.5. The fraction of sp³-hybridized carbons (Fsp3) is 0.588. The third-order valence-corrected chi connectivity index (χ3v) is 3.12. The van der Waals surface area contributed by atoms with Crippen LogP contribution in [0.3, 0.4) is 0 Å². The van der Waals surface area contributed by atoms with E-state index in [4.69, 9.17) is 10.5 Å². The van der Waals surface area contributed by atoms with Crippen molar-refractivity contribution in [1.29, 1.82) is 0 Å². The number of aryl methyl sites for hydroxylation is 1. The van der Waals surface area contributed by atoms with Gasteiger partial charge in [0.2, 0.25) is 5.91 Å². The van der Waals surface area contributed by atoms with Crippen LogP contribution in [0.15, 0.2) is 24.3 Å². The van der Waals surface area contributed by atoms with Crippen molar-refractivity contribution in [1.82, 2.24) is 5.32 Å². The van der Waals surface area contributed by atoms with Crippen LogP contribution in [0.4, 0.5) is 0 Å². The summed E-state index contributed by atoms with van der Waals surface area (Å²) in [4.78, 5) is 11.8. The van der Waals surface area contributed by atoms with Crippen LogP contribution in [-0.2, 0) is 11.2 Å². The van der Waals surface area contributed by atoms with Crippen LogP contribution in [0, 0.1) is 0 Å². The predicted molar refractivity (Wildman–Crippen MR) is 86.4 cm³/mol. The lowest BCUT2D eigenvalue weighted by atomic mass is 10.0. The number of ether oxygens (including phenoxy) is 1. The normalized spacial score (nSPS) is 13.1. The largest absolute Gasteiger partial charge is 0.491 e. The van der Waals surface area contributed by atoms with Gasteiger partial charge in [-0.1, -0.05) is 12.1 Å². The van der Waals surface area contributed by atoms with Crippen LogP contribution in [0.5, 0.6) is 5.75 Å². The Bertz CT molecular complexity index is 447. The molecule has 0 radical (unpaired) electrons. The predicted octanol–water partition coefficient (Wildman–Crippen LogP) is 2.65. The molecule has 1 rings (SSSR count). The van der Waals surface area contributed by atoms with Gasteiger partial charge in [0.1, 0.15) is 5.75 Å². The molecule has 0 fully saturated rings. The standard InChI is InChI=1S/C17H28N2O2/c1-12(2)21-15-10-8-14(9-11-15)7-6-13(3)19-16(20)17(4,5)18/h8-13H,6-7,18H2,1-5H3,(H,19,20). The molecule has 21 heavy (non-hydrogen) atoms. The highest BCUT2D eigenvalue weighted by molar-refractivity contribution is 5.85. The maximum Gasteiger partial charge on any atom is 0.239 e. The van der Waals surface area contributed by atoms with E-state index in [2.05, 4.69) is 17.4 Å². The zero-order chi connectivity index (χ0) is 16.0. The lowest BCUT2D eigenvalue weighted by Crippen LogP contribution is -2.51. The molecule has 0 aromatic heterocycles. The average molecular weight is 292 g/mol. The molecule has 0 spiro atoms. The van der Waals surface area contributed by atoms with Gasteiger partial charge in [0.15, 0.2) is 0 Å². The number of carbonyl (C=O) groups is 1. The van der Waals surface area contributed by atoms with Gasteiger partial charge in [0.25, 0.3) is 0 Å². The number of benzene rings is 1. The minimum absolute atomic E-state index is 0.104. The summed E-state index contributed by atoms with van der Waals surface area (Å²) in [5, 5.41) is 2.94. The minimum Gasteiger partial charge on any atom is -0.491 e. The summed E-state index contributed by atoms with van der Waals surface area (Å²) in [6.07, 6.45) is 1.98. The summed E-state index contributed by atoms with van der Waals surface area (Å²) in [5.74, 6) is 0.774. The van der Waals surface area contributed by atoms with Crippen molar-refractivity contribution >= 4 is 5.91 Å². The molecule has 0 saturated carbocycles. The minimum atomic E-state index is -0.829. The van der Waals surface area contributed by atoms with E-state index in [0.29, 0.717) is 0 Å². The summed E-state index contributed by atoms with van der Waals surface area (Å²) < 4.78 is 5.61. The topological polar surface area (TPSA) is 64.3 Å². The molecule has 0 bridgehead atoms. The molecule has 4 nitrogen and oxygen atoms in total. The third-order valence-electron chi connectivity index (χ3n) is 3.12. The Hall–Kier alpha value is -1.55. The zero-order valence-corrected chi connectivity index (χ0v) is 13.8. The fourth-order valence-electron chi connectivity index (χ4n) is 1.87. The number of amides is 1. The van der Waals surface area contributed by atoms with E-state index < -0.39 is 5.54 Å². The summed E-state index contributed by atoms with van der Waals surface area (Å²) in [7, 11) is 0. The van der Waals surface area contributed by atoms with Crippen LogP contribution in [0.25, 0.3) is 0 Å². The van der Waals surface area contributed by atoms with Crippen molar-refractivity contribution in [3.05, 3.63) is 29.8 Å². The van der Waals surface area contributed by atoms with Crippen molar-refractivity contribution in [2.45, 2.75) is 65.1 Å². The maximum absolute atomic E-state index is 11.8. The smallest absolute Gasteiger partial charge is 0.239 e. The molecular weight excluding hydrogens is 264 g/mol. The van der Waals surface area contributed by atoms with Gasteiger partial charge in [0.05, 0.1) is 11.6 Å². The van der Waals surface area contributed by atoms with Gasteiger partial charge < -0.3 is 15.8 Å². The second-order valence-electron chi connectivity index (χ2n) is 6.45. The Kier molecular flexibility index (Phi) is 6.21. The number of hydrogen-bond donors (Lipinski definition) is 2. The highest BCUT2D eigenvalue weighted by Crippen LogP contribution is 2.15. The molecule has 0 saturated heterocycles. The van der Waals surface area contributed by atoms with E-state index in [-0.39, 0.29) is 18.1 Å². The van der Waals surface area contributed by atoms with Crippen molar-refractivity contribution in [2.24, 2.45) is 5.73 Å². The molecule has 1 aromatic carbocycles. The molecular formula is C17H28N2O2. The number of nitrogens with two attached hydrogens (primary N) is 1. The van der Waals surface area contributed by atoms with Gasteiger partial charge in [-0.15, -0.1) is 0 Å². The zero-order valence-electron chi connectivity index (χ0n) is 13.8. The quantitative estimate of drug-likeness (QED) is 0.812. The van der Waals surface area contributed by atoms with Crippen molar-refractivity contribution in [3.63, 3.8) is 0 Å². The van der Waals surface area contributed by atoms with Gasteiger partial charge in [-0.25, -0.2) is 0 Å².